The lowest BCUT2D eigenvalue weighted by Crippen LogP contribution is -2.20. The lowest BCUT2D eigenvalue weighted by Gasteiger charge is -2.26. The van der Waals surface area contributed by atoms with Crippen molar-refractivity contribution < 1.29 is 4.92 Å². The van der Waals surface area contributed by atoms with Crippen LogP contribution in [0.3, 0.4) is 0 Å². The fourth-order valence-corrected chi connectivity index (χ4v) is 2.77. The first kappa shape index (κ1) is 13.8. The third-order valence-electron chi connectivity index (χ3n) is 4.00. The number of nitrogens with zero attached hydrogens (tertiary/aromatic N) is 1. The Bertz CT molecular complexity index is 451. The topological polar surface area (TPSA) is 55.2 Å². The molecule has 0 atom stereocenters. The summed E-state index contributed by atoms with van der Waals surface area (Å²) in [7, 11) is 0. The molecular weight excluding hydrogens is 240 g/mol. The average molecular weight is 262 g/mol. The van der Waals surface area contributed by atoms with Crippen LogP contribution >= 0.6 is 0 Å². The van der Waals surface area contributed by atoms with Crippen LogP contribution < -0.4 is 5.32 Å². The first-order valence-electron chi connectivity index (χ1n) is 7.04. The lowest BCUT2D eigenvalue weighted by atomic mass is 9.83. The van der Waals surface area contributed by atoms with Crippen molar-refractivity contribution in [1.29, 1.82) is 0 Å². The first-order valence-corrected chi connectivity index (χ1v) is 7.04. The van der Waals surface area contributed by atoms with Crippen LogP contribution in [0.1, 0.15) is 38.2 Å². The van der Waals surface area contributed by atoms with Gasteiger partial charge in [0.05, 0.1) is 4.92 Å². The summed E-state index contributed by atoms with van der Waals surface area (Å²) in [5, 5.41) is 14.2. The van der Waals surface area contributed by atoms with E-state index in [9.17, 15) is 10.1 Å². The Morgan fingerprint density at radius 2 is 1.95 bits per heavy atom. The predicted molar refractivity (Wildman–Crippen MR) is 77.4 cm³/mol. The summed E-state index contributed by atoms with van der Waals surface area (Å²) >= 11 is 0. The normalized spacial score (nSPS) is 23.1. The van der Waals surface area contributed by atoms with E-state index in [0.717, 1.165) is 23.7 Å². The van der Waals surface area contributed by atoms with E-state index in [4.69, 9.17) is 0 Å². The smallest absolute Gasteiger partial charge is 0.271 e. The molecule has 0 aromatic heterocycles. The minimum absolute atomic E-state index is 0.166. The number of non-ortho nitro benzene ring substituents is 1. The highest BCUT2D eigenvalue weighted by Gasteiger charge is 2.18. The number of hydrogen-bond acceptors (Lipinski definition) is 3. The Labute approximate surface area is 114 Å². The molecule has 1 saturated carbocycles. The van der Waals surface area contributed by atoms with Gasteiger partial charge in [0.1, 0.15) is 0 Å². The molecule has 0 bridgehead atoms. The summed E-state index contributed by atoms with van der Waals surface area (Å²) in [6, 6.07) is 5.20. The summed E-state index contributed by atoms with van der Waals surface area (Å²) < 4.78 is 0. The van der Waals surface area contributed by atoms with E-state index < -0.39 is 0 Å². The Morgan fingerprint density at radius 3 is 2.58 bits per heavy atom. The monoisotopic (exact) mass is 262 g/mol. The maximum absolute atomic E-state index is 10.8. The highest BCUT2D eigenvalue weighted by molar-refractivity contribution is 5.53. The van der Waals surface area contributed by atoms with E-state index in [-0.39, 0.29) is 10.6 Å². The third-order valence-corrected chi connectivity index (χ3v) is 4.00. The summed E-state index contributed by atoms with van der Waals surface area (Å²) in [5.74, 6) is 1.56. The number of rotatable bonds is 4. The number of nitrogens with one attached hydrogen (secondary N) is 1. The summed E-state index contributed by atoms with van der Waals surface area (Å²) in [6.45, 7) is 5.13. The number of hydrogen-bond donors (Lipinski definition) is 1. The van der Waals surface area contributed by atoms with E-state index >= 15 is 0 Å². The molecule has 1 aromatic rings. The van der Waals surface area contributed by atoms with Gasteiger partial charge in [-0.2, -0.15) is 0 Å². The molecule has 1 N–H and O–H groups in total. The van der Waals surface area contributed by atoms with Crippen LogP contribution in [-0.2, 0) is 0 Å². The second kappa shape index (κ2) is 6.04. The zero-order valence-corrected chi connectivity index (χ0v) is 11.7. The lowest BCUT2D eigenvalue weighted by molar-refractivity contribution is -0.384. The largest absolute Gasteiger partial charge is 0.385 e. The van der Waals surface area contributed by atoms with Crippen molar-refractivity contribution in [3.05, 3.63) is 33.9 Å². The zero-order valence-electron chi connectivity index (χ0n) is 11.7. The SMILES string of the molecule is Cc1cc(NCC2CCC(C)CC2)cc([N+](=O)[O-])c1. The minimum atomic E-state index is -0.333. The van der Waals surface area contributed by atoms with Crippen molar-refractivity contribution >= 4 is 11.4 Å². The van der Waals surface area contributed by atoms with E-state index in [1.165, 1.54) is 25.7 Å². The van der Waals surface area contributed by atoms with Gasteiger partial charge in [0.15, 0.2) is 0 Å². The van der Waals surface area contributed by atoms with Crippen LogP contribution in [-0.4, -0.2) is 11.5 Å². The Balaban J connectivity index is 1.94. The molecule has 104 valence electrons. The molecule has 0 heterocycles. The zero-order chi connectivity index (χ0) is 13.8. The fourth-order valence-electron chi connectivity index (χ4n) is 2.77. The molecule has 4 heteroatoms. The summed E-state index contributed by atoms with van der Waals surface area (Å²) in [4.78, 5) is 10.5. The second-order valence-corrected chi connectivity index (χ2v) is 5.82. The van der Waals surface area contributed by atoms with Crippen molar-refractivity contribution in [3.63, 3.8) is 0 Å². The standard InChI is InChI=1S/C15H22N2O2/c1-11-3-5-13(6-4-11)10-16-14-7-12(2)8-15(9-14)17(18)19/h7-9,11,13,16H,3-6,10H2,1-2H3. The molecule has 1 aliphatic rings. The molecule has 19 heavy (non-hydrogen) atoms. The number of nitro groups is 1. The number of anilines is 1. The second-order valence-electron chi connectivity index (χ2n) is 5.82. The van der Waals surface area contributed by atoms with Gasteiger partial charge >= 0.3 is 0 Å². The van der Waals surface area contributed by atoms with Gasteiger partial charge in [-0.1, -0.05) is 19.8 Å². The van der Waals surface area contributed by atoms with Crippen molar-refractivity contribution in [2.24, 2.45) is 11.8 Å². The van der Waals surface area contributed by atoms with Crippen molar-refractivity contribution in [3.8, 4) is 0 Å². The molecule has 1 fully saturated rings. The van der Waals surface area contributed by atoms with Crippen LogP contribution in [0, 0.1) is 28.9 Å². The van der Waals surface area contributed by atoms with Gasteiger partial charge in [0.2, 0.25) is 0 Å². The van der Waals surface area contributed by atoms with Crippen LogP contribution in [0.5, 0.6) is 0 Å². The summed E-state index contributed by atoms with van der Waals surface area (Å²) in [6.07, 6.45) is 5.14. The number of benzene rings is 1. The summed E-state index contributed by atoms with van der Waals surface area (Å²) in [5.41, 5.74) is 1.96. The highest BCUT2D eigenvalue weighted by Crippen LogP contribution is 2.29. The van der Waals surface area contributed by atoms with Gasteiger partial charge in [-0.25, -0.2) is 0 Å². The molecule has 0 amide bonds. The van der Waals surface area contributed by atoms with E-state index in [0.29, 0.717) is 5.92 Å². The van der Waals surface area contributed by atoms with E-state index in [1.807, 2.05) is 13.0 Å². The molecule has 1 aliphatic carbocycles. The van der Waals surface area contributed by atoms with E-state index in [1.54, 1.807) is 12.1 Å². The minimum Gasteiger partial charge on any atom is -0.385 e. The number of aryl methyl sites for hydroxylation is 1. The maximum atomic E-state index is 10.8. The van der Waals surface area contributed by atoms with Gasteiger partial charge in [0.25, 0.3) is 5.69 Å². The third kappa shape index (κ3) is 3.94. The molecule has 0 spiro atoms. The number of nitro benzene ring substituents is 1. The average Bonchev–Trinajstić information content (AvgIpc) is 2.37. The van der Waals surface area contributed by atoms with Gasteiger partial charge in [0, 0.05) is 24.4 Å². The molecule has 4 nitrogen and oxygen atoms in total. The molecular formula is C15H22N2O2. The van der Waals surface area contributed by atoms with Gasteiger partial charge in [-0.05, 0) is 43.2 Å². The quantitative estimate of drug-likeness (QED) is 0.655. The van der Waals surface area contributed by atoms with Gasteiger partial charge in [-0.3, -0.25) is 10.1 Å². The Kier molecular flexibility index (Phi) is 4.40. The molecule has 2 rings (SSSR count). The maximum Gasteiger partial charge on any atom is 0.271 e. The van der Waals surface area contributed by atoms with Crippen molar-refractivity contribution in [2.75, 3.05) is 11.9 Å². The molecule has 0 unspecified atom stereocenters. The highest BCUT2D eigenvalue weighted by atomic mass is 16.6. The van der Waals surface area contributed by atoms with Crippen molar-refractivity contribution in [1.82, 2.24) is 0 Å². The Hall–Kier alpha value is -1.58. The van der Waals surface area contributed by atoms with Crippen LogP contribution in [0.25, 0.3) is 0 Å². The molecule has 1 aromatic carbocycles. The predicted octanol–water partition coefficient (Wildman–Crippen LogP) is 4.14. The van der Waals surface area contributed by atoms with Crippen LogP contribution in [0.15, 0.2) is 18.2 Å². The van der Waals surface area contributed by atoms with Crippen LogP contribution in [0.2, 0.25) is 0 Å². The van der Waals surface area contributed by atoms with Crippen molar-refractivity contribution in [2.45, 2.75) is 39.5 Å². The van der Waals surface area contributed by atoms with E-state index in [2.05, 4.69) is 12.2 Å². The molecule has 0 saturated heterocycles. The van der Waals surface area contributed by atoms with Crippen LogP contribution in [0.4, 0.5) is 11.4 Å². The Morgan fingerprint density at radius 1 is 1.26 bits per heavy atom. The molecule has 0 aliphatic heterocycles. The first-order chi connectivity index (χ1) is 9.04. The fraction of sp³-hybridized carbons (Fsp3) is 0.600. The van der Waals surface area contributed by atoms with Gasteiger partial charge in [-0.15, -0.1) is 0 Å². The van der Waals surface area contributed by atoms with Gasteiger partial charge < -0.3 is 5.32 Å². The molecule has 0 radical (unpaired) electrons.